The zero-order valence-electron chi connectivity index (χ0n) is 8.18. The molecule has 80 valence electrons. The molecule has 0 aromatic carbocycles. The maximum Gasteiger partial charge on any atom is 0.180 e. The third-order valence-electron chi connectivity index (χ3n) is 1.89. The van der Waals surface area contributed by atoms with Crippen LogP contribution < -0.4 is 5.73 Å². The number of thiazole rings is 1. The van der Waals surface area contributed by atoms with Crippen molar-refractivity contribution in [2.24, 2.45) is 0 Å². The molecule has 0 saturated heterocycles. The average molecular weight is 240 g/mol. The van der Waals surface area contributed by atoms with Crippen LogP contribution in [0, 0.1) is 0 Å². The molecule has 0 unspecified atom stereocenters. The first-order chi connectivity index (χ1) is 7.34. The van der Waals surface area contributed by atoms with Gasteiger partial charge in [0.2, 0.25) is 0 Å². The van der Waals surface area contributed by atoms with Crippen molar-refractivity contribution in [2.45, 2.75) is 13.0 Å². The van der Waals surface area contributed by atoms with E-state index in [1.807, 2.05) is 0 Å². The molecule has 2 heterocycles. The van der Waals surface area contributed by atoms with Crippen LogP contribution in [0.15, 0.2) is 23.7 Å². The standard InChI is InChI=1S/C10H12N2OS2/c11-10-12-6-9(15-10)7-13-4-3-8-2-1-5-14-8/h1-2,5-6H,3-4,7H2,(H2,11,12). The molecular formula is C10H12N2OS2. The predicted octanol–water partition coefficient (Wildman–Crippen LogP) is 2.55. The second-order valence-corrected chi connectivity index (χ2v) is 5.23. The Morgan fingerprint density at radius 1 is 1.40 bits per heavy atom. The van der Waals surface area contributed by atoms with Crippen LogP contribution >= 0.6 is 22.7 Å². The van der Waals surface area contributed by atoms with E-state index in [0.717, 1.165) is 17.9 Å². The molecule has 5 heteroatoms. The molecule has 0 aliphatic carbocycles. The van der Waals surface area contributed by atoms with E-state index in [-0.39, 0.29) is 0 Å². The molecule has 2 rings (SSSR count). The lowest BCUT2D eigenvalue weighted by atomic mass is 10.4. The Labute approximate surface area is 96.5 Å². The van der Waals surface area contributed by atoms with Crippen LogP contribution in [0.5, 0.6) is 0 Å². The maximum atomic E-state index is 5.53. The van der Waals surface area contributed by atoms with Crippen molar-refractivity contribution in [2.75, 3.05) is 12.3 Å². The molecule has 0 aliphatic rings. The molecule has 0 saturated carbocycles. The normalized spacial score (nSPS) is 10.7. The van der Waals surface area contributed by atoms with Crippen LogP contribution in [0.4, 0.5) is 5.13 Å². The van der Waals surface area contributed by atoms with Gasteiger partial charge in [0.15, 0.2) is 5.13 Å². The zero-order chi connectivity index (χ0) is 10.5. The van der Waals surface area contributed by atoms with E-state index >= 15 is 0 Å². The molecule has 0 aliphatic heterocycles. The highest BCUT2D eigenvalue weighted by molar-refractivity contribution is 7.15. The fourth-order valence-electron chi connectivity index (χ4n) is 1.19. The molecule has 0 fully saturated rings. The van der Waals surface area contributed by atoms with E-state index in [9.17, 15) is 0 Å². The summed E-state index contributed by atoms with van der Waals surface area (Å²) in [6.45, 7) is 1.36. The first-order valence-electron chi connectivity index (χ1n) is 4.65. The lowest BCUT2D eigenvalue weighted by Gasteiger charge is -1.99. The van der Waals surface area contributed by atoms with Gasteiger partial charge in [0.1, 0.15) is 0 Å². The highest BCUT2D eigenvalue weighted by Crippen LogP contribution is 2.15. The van der Waals surface area contributed by atoms with Crippen molar-refractivity contribution >= 4 is 27.8 Å². The van der Waals surface area contributed by atoms with Crippen molar-refractivity contribution in [3.63, 3.8) is 0 Å². The summed E-state index contributed by atoms with van der Waals surface area (Å²) >= 11 is 3.24. The third kappa shape index (κ3) is 3.30. The van der Waals surface area contributed by atoms with Gasteiger partial charge in [-0.15, -0.1) is 11.3 Å². The Balaban J connectivity index is 1.67. The molecule has 15 heavy (non-hydrogen) atoms. The van der Waals surface area contributed by atoms with Crippen molar-refractivity contribution in [1.29, 1.82) is 0 Å². The van der Waals surface area contributed by atoms with Gasteiger partial charge in [0.05, 0.1) is 18.1 Å². The molecule has 0 spiro atoms. The Morgan fingerprint density at radius 3 is 3.00 bits per heavy atom. The number of anilines is 1. The highest BCUT2D eigenvalue weighted by atomic mass is 32.1. The maximum absolute atomic E-state index is 5.53. The van der Waals surface area contributed by atoms with Gasteiger partial charge in [-0.25, -0.2) is 4.98 Å². The summed E-state index contributed by atoms with van der Waals surface area (Å²) in [5, 5.41) is 2.69. The van der Waals surface area contributed by atoms with Crippen molar-refractivity contribution < 1.29 is 4.74 Å². The smallest absolute Gasteiger partial charge is 0.180 e. The van der Waals surface area contributed by atoms with Crippen LogP contribution in [0.2, 0.25) is 0 Å². The number of thiophene rings is 1. The number of nitrogens with zero attached hydrogens (tertiary/aromatic N) is 1. The quantitative estimate of drug-likeness (QED) is 0.817. The summed E-state index contributed by atoms with van der Waals surface area (Å²) in [4.78, 5) is 6.41. The number of aromatic nitrogens is 1. The van der Waals surface area contributed by atoms with Gasteiger partial charge in [0.25, 0.3) is 0 Å². The second kappa shape index (κ2) is 5.25. The highest BCUT2D eigenvalue weighted by Gasteiger charge is 1.99. The topological polar surface area (TPSA) is 48.1 Å². The number of nitrogen functional groups attached to an aromatic ring is 1. The summed E-state index contributed by atoms with van der Waals surface area (Å²) < 4.78 is 5.53. The van der Waals surface area contributed by atoms with Crippen LogP contribution in [0.25, 0.3) is 0 Å². The van der Waals surface area contributed by atoms with E-state index in [4.69, 9.17) is 10.5 Å². The predicted molar refractivity (Wildman–Crippen MR) is 64.2 cm³/mol. The van der Waals surface area contributed by atoms with Gasteiger partial charge < -0.3 is 10.5 Å². The van der Waals surface area contributed by atoms with E-state index < -0.39 is 0 Å². The van der Waals surface area contributed by atoms with Crippen molar-refractivity contribution in [3.8, 4) is 0 Å². The first kappa shape index (κ1) is 10.6. The largest absolute Gasteiger partial charge is 0.375 e. The summed E-state index contributed by atoms with van der Waals surface area (Å²) in [6, 6.07) is 4.18. The SMILES string of the molecule is Nc1ncc(COCCc2cccs2)s1. The van der Waals surface area contributed by atoms with Crippen LogP contribution in [0.1, 0.15) is 9.75 Å². The lowest BCUT2D eigenvalue weighted by Crippen LogP contribution is -1.96. The monoisotopic (exact) mass is 240 g/mol. The van der Waals surface area contributed by atoms with E-state index in [0.29, 0.717) is 11.7 Å². The molecule has 3 nitrogen and oxygen atoms in total. The summed E-state index contributed by atoms with van der Waals surface area (Å²) in [6.07, 6.45) is 2.75. The van der Waals surface area contributed by atoms with Crippen molar-refractivity contribution in [3.05, 3.63) is 33.5 Å². The average Bonchev–Trinajstić information content (AvgIpc) is 2.84. The fourth-order valence-corrected chi connectivity index (χ4v) is 2.50. The van der Waals surface area contributed by atoms with Gasteiger partial charge >= 0.3 is 0 Å². The van der Waals surface area contributed by atoms with E-state index in [2.05, 4.69) is 22.5 Å². The number of nitrogens with two attached hydrogens (primary N) is 1. The Hall–Kier alpha value is -0.910. The Morgan fingerprint density at radius 2 is 2.33 bits per heavy atom. The Bertz CT molecular complexity index is 397. The van der Waals surface area contributed by atoms with Crippen LogP contribution in [0.3, 0.4) is 0 Å². The van der Waals surface area contributed by atoms with E-state index in [1.165, 1.54) is 16.2 Å². The van der Waals surface area contributed by atoms with Gasteiger partial charge in [-0.05, 0) is 11.4 Å². The second-order valence-electron chi connectivity index (χ2n) is 3.05. The van der Waals surface area contributed by atoms with Gasteiger partial charge in [-0.3, -0.25) is 0 Å². The molecule has 0 amide bonds. The van der Waals surface area contributed by atoms with Crippen LogP contribution in [-0.4, -0.2) is 11.6 Å². The van der Waals surface area contributed by atoms with Gasteiger partial charge in [-0.1, -0.05) is 17.4 Å². The molecule has 2 aromatic heterocycles. The first-order valence-corrected chi connectivity index (χ1v) is 6.34. The number of rotatable bonds is 5. The molecule has 2 aromatic rings. The summed E-state index contributed by atoms with van der Waals surface area (Å²) in [7, 11) is 0. The molecule has 0 atom stereocenters. The zero-order valence-corrected chi connectivity index (χ0v) is 9.81. The van der Waals surface area contributed by atoms with Gasteiger partial charge in [0, 0.05) is 17.5 Å². The number of ether oxygens (including phenoxy) is 1. The molecule has 0 radical (unpaired) electrons. The minimum Gasteiger partial charge on any atom is -0.375 e. The minimum absolute atomic E-state index is 0.604. The summed E-state index contributed by atoms with van der Waals surface area (Å²) in [5.41, 5.74) is 5.51. The lowest BCUT2D eigenvalue weighted by molar-refractivity contribution is 0.126. The molecule has 2 N–H and O–H groups in total. The molecular weight excluding hydrogens is 228 g/mol. The van der Waals surface area contributed by atoms with Gasteiger partial charge in [-0.2, -0.15) is 0 Å². The van der Waals surface area contributed by atoms with Crippen molar-refractivity contribution in [1.82, 2.24) is 4.98 Å². The third-order valence-corrected chi connectivity index (χ3v) is 3.62. The number of hydrogen-bond donors (Lipinski definition) is 1. The molecule has 0 bridgehead atoms. The fraction of sp³-hybridized carbons (Fsp3) is 0.300. The Kier molecular flexibility index (Phi) is 3.71. The van der Waals surface area contributed by atoms with E-state index in [1.54, 1.807) is 17.5 Å². The number of hydrogen-bond acceptors (Lipinski definition) is 5. The summed E-state index contributed by atoms with van der Waals surface area (Å²) in [5.74, 6) is 0. The van der Waals surface area contributed by atoms with Crippen LogP contribution in [-0.2, 0) is 17.8 Å². The minimum atomic E-state index is 0.604.